The minimum absolute atomic E-state index is 0.320. The van der Waals surface area contributed by atoms with E-state index in [0.29, 0.717) is 12.2 Å². The monoisotopic (exact) mass is 251 g/mol. The van der Waals surface area contributed by atoms with Crippen molar-refractivity contribution in [1.82, 2.24) is 4.90 Å². The maximum Gasteiger partial charge on any atom is 0.172 e. The highest BCUT2D eigenvalue weighted by Gasteiger charge is 2.12. The number of aryl methyl sites for hydroxylation is 1. The minimum Gasteiger partial charge on any atom is -0.303 e. The quantitative estimate of drug-likeness (QED) is 0.746. The number of carbonyl (C=O) groups excluding carboxylic acids is 1. The molecule has 3 heteroatoms. The Morgan fingerprint density at radius 1 is 1.29 bits per heavy atom. The third kappa shape index (κ3) is 3.93. The van der Waals surface area contributed by atoms with Gasteiger partial charge in [0.25, 0.3) is 0 Å². The maximum atomic E-state index is 11.9. The second kappa shape index (κ2) is 6.31. The Balaban J connectivity index is 1.69. The van der Waals surface area contributed by atoms with Crippen LogP contribution in [0.25, 0.3) is 0 Å². The van der Waals surface area contributed by atoms with Gasteiger partial charge in [-0.05, 0) is 58.0 Å². The van der Waals surface area contributed by atoms with E-state index >= 15 is 0 Å². The number of Topliss-reactive ketones (excluding diaryl/α,β-unsaturated/α-hetero) is 1. The summed E-state index contributed by atoms with van der Waals surface area (Å²) in [6, 6.07) is 3.99. The molecular weight excluding hydrogens is 230 g/mol. The summed E-state index contributed by atoms with van der Waals surface area (Å²) in [7, 11) is 0. The summed E-state index contributed by atoms with van der Waals surface area (Å²) in [4.78, 5) is 16.5. The fraction of sp³-hybridized carbons (Fsp3) is 0.643. The molecular formula is C14H21NOS. The smallest absolute Gasteiger partial charge is 0.172 e. The fourth-order valence-electron chi connectivity index (χ4n) is 2.35. The molecule has 0 aromatic carbocycles. The summed E-state index contributed by atoms with van der Waals surface area (Å²) in [6.45, 7) is 5.60. The highest BCUT2D eigenvalue weighted by molar-refractivity contribution is 7.14. The van der Waals surface area contributed by atoms with Gasteiger partial charge in [-0.1, -0.05) is 6.42 Å². The number of piperidine rings is 1. The van der Waals surface area contributed by atoms with Crippen molar-refractivity contribution in [2.75, 3.05) is 19.6 Å². The summed E-state index contributed by atoms with van der Waals surface area (Å²) in [5.74, 6) is 0.320. The predicted octanol–water partition coefficient (Wildman–Crippen LogP) is 3.51. The molecule has 0 bridgehead atoms. The molecule has 2 nitrogen and oxygen atoms in total. The van der Waals surface area contributed by atoms with Crippen molar-refractivity contribution in [2.24, 2.45) is 0 Å². The first kappa shape index (κ1) is 12.8. The Kier molecular flexibility index (Phi) is 4.75. The van der Waals surface area contributed by atoms with Crippen LogP contribution < -0.4 is 0 Å². The van der Waals surface area contributed by atoms with E-state index in [0.717, 1.165) is 17.8 Å². The van der Waals surface area contributed by atoms with Crippen molar-refractivity contribution < 1.29 is 4.79 Å². The van der Waals surface area contributed by atoms with Gasteiger partial charge in [0.15, 0.2) is 5.78 Å². The molecule has 1 aliphatic heterocycles. The Morgan fingerprint density at radius 3 is 2.71 bits per heavy atom. The van der Waals surface area contributed by atoms with E-state index in [1.54, 1.807) is 11.3 Å². The van der Waals surface area contributed by atoms with Crippen LogP contribution in [0.15, 0.2) is 12.1 Å². The molecule has 1 aromatic heterocycles. The molecule has 17 heavy (non-hydrogen) atoms. The van der Waals surface area contributed by atoms with E-state index in [2.05, 4.69) is 11.8 Å². The third-order valence-electron chi connectivity index (χ3n) is 3.34. The van der Waals surface area contributed by atoms with E-state index < -0.39 is 0 Å². The van der Waals surface area contributed by atoms with Gasteiger partial charge in [0.1, 0.15) is 0 Å². The molecule has 1 fully saturated rings. The normalized spacial score (nSPS) is 17.2. The molecule has 2 rings (SSSR count). The van der Waals surface area contributed by atoms with Crippen LogP contribution in [-0.4, -0.2) is 30.3 Å². The van der Waals surface area contributed by atoms with E-state index in [9.17, 15) is 4.79 Å². The standard InChI is InChI=1S/C14H21NOS/c1-12-7-8-14(17-12)13(16)6-5-11-15-9-3-2-4-10-15/h7-8H,2-6,9-11H2,1H3. The van der Waals surface area contributed by atoms with Crippen molar-refractivity contribution in [1.29, 1.82) is 0 Å². The summed E-state index contributed by atoms with van der Waals surface area (Å²) in [5.41, 5.74) is 0. The van der Waals surface area contributed by atoms with Crippen LogP contribution >= 0.6 is 11.3 Å². The Morgan fingerprint density at radius 2 is 2.06 bits per heavy atom. The molecule has 0 N–H and O–H groups in total. The maximum absolute atomic E-state index is 11.9. The van der Waals surface area contributed by atoms with Gasteiger partial charge in [0, 0.05) is 11.3 Å². The van der Waals surface area contributed by atoms with E-state index in [1.807, 2.05) is 12.1 Å². The first-order chi connectivity index (χ1) is 8.25. The zero-order valence-corrected chi connectivity index (χ0v) is 11.4. The molecule has 0 unspecified atom stereocenters. The van der Waals surface area contributed by atoms with E-state index in [1.165, 1.54) is 37.2 Å². The van der Waals surface area contributed by atoms with Crippen LogP contribution in [0.3, 0.4) is 0 Å². The number of likely N-dealkylation sites (tertiary alicyclic amines) is 1. The van der Waals surface area contributed by atoms with Crippen molar-refractivity contribution in [3.63, 3.8) is 0 Å². The molecule has 1 aromatic rings. The zero-order valence-electron chi connectivity index (χ0n) is 10.6. The zero-order chi connectivity index (χ0) is 12.1. The third-order valence-corrected chi connectivity index (χ3v) is 4.38. The fourth-order valence-corrected chi connectivity index (χ4v) is 3.19. The Labute approximate surface area is 108 Å². The number of thiophene rings is 1. The lowest BCUT2D eigenvalue weighted by molar-refractivity contribution is 0.0977. The van der Waals surface area contributed by atoms with Crippen LogP contribution in [-0.2, 0) is 0 Å². The molecule has 1 saturated heterocycles. The van der Waals surface area contributed by atoms with Crippen LogP contribution in [0.5, 0.6) is 0 Å². The van der Waals surface area contributed by atoms with Crippen molar-refractivity contribution in [2.45, 2.75) is 39.0 Å². The number of carbonyl (C=O) groups is 1. The summed E-state index contributed by atoms with van der Waals surface area (Å²) >= 11 is 1.62. The molecule has 0 atom stereocenters. The lowest BCUT2D eigenvalue weighted by Crippen LogP contribution is -2.30. The predicted molar refractivity (Wildman–Crippen MR) is 72.9 cm³/mol. The highest BCUT2D eigenvalue weighted by atomic mass is 32.1. The Bertz CT molecular complexity index is 366. The molecule has 0 radical (unpaired) electrons. The lowest BCUT2D eigenvalue weighted by Gasteiger charge is -2.26. The topological polar surface area (TPSA) is 20.3 Å². The molecule has 0 spiro atoms. The van der Waals surface area contributed by atoms with Crippen LogP contribution in [0.1, 0.15) is 46.7 Å². The van der Waals surface area contributed by atoms with E-state index in [4.69, 9.17) is 0 Å². The second-order valence-corrected chi connectivity index (χ2v) is 6.13. The van der Waals surface area contributed by atoms with Gasteiger partial charge in [0.05, 0.1) is 4.88 Å². The average Bonchev–Trinajstić information content (AvgIpc) is 2.77. The average molecular weight is 251 g/mol. The van der Waals surface area contributed by atoms with Crippen molar-refractivity contribution in [3.05, 3.63) is 21.9 Å². The molecule has 2 heterocycles. The first-order valence-corrected chi connectivity index (χ1v) is 7.39. The number of rotatable bonds is 5. The van der Waals surface area contributed by atoms with Crippen molar-refractivity contribution in [3.8, 4) is 0 Å². The number of ketones is 1. The van der Waals surface area contributed by atoms with Gasteiger partial charge in [-0.25, -0.2) is 0 Å². The first-order valence-electron chi connectivity index (χ1n) is 6.58. The highest BCUT2D eigenvalue weighted by Crippen LogP contribution is 2.18. The van der Waals surface area contributed by atoms with Crippen LogP contribution in [0.2, 0.25) is 0 Å². The second-order valence-electron chi connectivity index (χ2n) is 4.84. The summed E-state index contributed by atoms with van der Waals surface area (Å²) in [5, 5.41) is 0. The number of nitrogens with zero attached hydrogens (tertiary/aromatic N) is 1. The van der Waals surface area contributed by atoms with Gasteiger partial charge in [-0.15, -0.1) is 11.3 Å². The van der Waals surface area contributed by atoms with Gasteiger partial charge in [0.2, 0.25) is 0 Å². The summed E-state index contributed by atoms with van der Waals surface area (Å²) in [6.07, 6.45) is 5.76. The van der Waals surface area contributed by atoms with Gasteiger partial charge < -0.3 is 4.90 Å². The van der Waals surface area contributed by atoms with Crippen LogP contribution in [0.4, 0.5) is 0 Å². The minimum atomic E-state index is 0.320. The largest absolute Gasteiger partial charge is 0.303 e. The molecule has 0 aliphatic carbocycles. The lowest BCUT2D eigenvalue weighted by atomic mass is 10.1. The molecule has 1 aliphatic rings. The molecule has 0 saturated carbocycles. The number of hydrogen-bond donors (Lipinski definition) is 0. The molecule has 94 valence electrons. The summed E-state index contributed by atoms with van der Waals surface area (Å²) < 4.78 is 0. The van der Waals surface area contributed by atoms with Gasteiger partial charge >= 0.3 is 0 Å². The molecule has 0 amide bonds. The van der Waals surface area contributed by atoms with Gasteiger partial charge in [-0.2, -0.15) is 0 Å². The van der Waals surface area contributed by atoms with Gasteiger partial charge in [-0.3, -0.25) is 4.79 Å². The van der Waals surface area contributed by atoms with Crippen LogP contribution in [0, 0.1) is 6.92 Å². The SMILES string of the molecule is Cc1ccc(C(=O)CCCN2CCCCC2)s1. The van der Waals surface area contributed by atoms with E-state index in [-0.39, 0.29) is 0 Å². The number of hydrogen-bond acceptors (Lipinski definition) is 3. The Hall–Kier alpha value is -0.670. The van der Waals surface area contributed by atoms with Crippen molar-refractivity contribution >= 4 is 17.1 Å².